The molecule has 0 aromatic carbocycles. The van der Waals surface area contributed by atoms with Crippen LogP contribution in [0.5, 0.6) is 0 Å². The van der Waals surface area contributed by atoms with Crippen molar-refractivity contribution in [2.75, 3.05) is 36.5 Å². The van der Waals surface area contributed by atoms with Crippen LogP contribution in [0, 0.1) is 0 Å². The lowest BCUT2D eigenvalue weighted by Gasteiger charge is -2.28. The third-order valence-electron chi connectivity index (χ3n) is 5.34. The Labute approximate surface area is 169 Å². The molecular weight excluding hydrogens is 364 g/mol. The molecule has 0 radical (unpaired) electrons. The minimum absolute atomic E-state index is 0.406. The predicted molar refractivity (Wildman–Crippen MR) is 115 cm³/mol. The summed E-state index contributed by atoms with van der Waals surface area (Å²) in [6, 6.07) is 12.5. The Morgan fingerprint density at radius 1 is 0.966 bits per heavy atom. The number of hydrogen-bond donors (Lipinski definition) is 1. The number of anilines is 3. The maximum absolute atomic E-state index is 5.41. The SMILES string of the molecule is CC(C)c1ccc2ccc3cnc(Nc4ccc(N5CCOCC5)cn4)nc3n12. The predicted octanol–water partition coefficient (Wildman–Crippen LogP) is 3.98. The van der Waals surface area contributed by atoms with Crippen LogP contribution in [-0.2, 0) is 4.74 Å². The van der Waals surface area contributed by atoms with Crippen LogP contribution in [0.4, 0.5) is 17.5 Å². The molecule has 7 heteroatoms. The number of rotatable bonds is 4. The van der Waals surface area contributed by atoms with Crippen LogP contribution in [0.25, 0.3) is 16.6 Å². The second-order valence-electron chi connectivity index (χ2n) is 7.61. The number of pyridine rings is 2. The zero-order chi connectivity index (χ0) is 19.8. The average molecular weight is 388 g/mol. The number of aromatic nitrogens is 4. The molecule has 0 amide bonds. The van der Waals surface area contributed by atoms with Crippen LogP contribution in [0.15, 0.2) is 48.8 Å². The van der Waals surface area contributed by atoms with Gasteiger partial charge < -0.3 is 15.0 Å². The molecule has 5 heterocycles. The number of nitrogens with zero attached hydrogens (tertiary/aromatic N) is 5. The molecule has 0 spiro atoms. The highest BCUT2D eigenvalue weighted by molar-refractivity contribution is 5.80. The number of nitrogens with one attached hydrogen (secondary N) is 1. The molecule has 1 N–H and O–H groups in total. The van der Waals surface area contributed by atoms with Gasteiger partial charge in [-0.2, -0.15) is 4.98 Å². The van der Waals surface area contributed by atoms with Crippen LogP contribution in [0.1, 0.15) is 25.5 Å². The Bertz CT molecular complexity index is 1150. The summed E-state index contributed by atoms with van der Waals surface area (Å²) in [5.74, 6) is 1.68. The fraction of sp³-hybridized carbons (Fsp3) is 0.318. The quantitative estimate of drug-likeness (QED) is 0.570. The smallest absolute Gasteiger partial charge is 0.230 e. The van der Waals surface area contributed by atoms with Gasteiger partial charge in [0.15, 0.2) is 0 Å². The Hall–Kier alpha value is -3.19. The van der Waals surface area contributed by atoms with E-state index in [4.69, 9.17) is 9.72 Å². The van der Waals surface area contributed by atoms with Crippen LogP contribution < -0.4 is 10.2 Å². The molecule has 7 nitrogen and oxygen atoms in total. The minimum atomic E-state index is 0.406. The molecule has 0 aliphatic carbocycles. The van der Waals surface area contributed by atoms with Gasteiger partial charge in [0.2, 0.25) is 5.95 Å². The van der Waals surface area contributed by atoms with Crippen molar-refractivity contribution in [1.82, 2.24) is 19.4 Å². The van der Waals surface area contributed by atoms with Gasteiger partial charge in [-0.3, -0.25) is 4.40 Å². The molecule has 1 fully saturated rings. The summed E-state index contributed by atoms with van der Waals surface area (Å²) in [5, 5.41) is 4.25. The van der Waals surface area contributed by atoms with E-state index in [1.54, 1.807) is 0 Å². The molecule has 0 unspecified atom stereocenters. The molecule has 5 rings (SSSR count). The van der Waals surface area contributed by atoms with Crippen molar-refractivity contribution in [3.8, 4) is 0 Å². The van der Waals surface area contributed by atoms with Crippen LogP contribution in [-0.4, -0.2) is 45.7 Å². The van der Waals surface area contributed by atoms with Crippen molar-refractivity contribution in [3.05, 3.63) is 54.5 Å². The minimum Gasteiger partial charge on any atom is -0.378 e. The molecule has 148 valence electrons. The zero-order valence-electron chi connectivity index (χ0n) is 16.7. The summed E-state index contributed by atoms with van der Waals surface area (Å²) in [4.78, 5) is 16.1. The summed E-state index contributed by atoms with van der Waals surface area (Å²) >= 11 is 0. The van der Waals surface area contributed by atoms with Gasteiger partial charge in [-0.05, 0) is 42.3 Å². The molecule has 0 bridgehead atoms. The molecule has 0 saturated carbocycles. The Kier molecular flexibility index (Phi) is 4.52. The van der Waals surface area contributed by atoms with Crippen molar-refractivity contribution >= 4 is 34.0 Å². The number of ether oxygens (including phenoxy) is 1. The molecule has 4 aromatic rings. The summed E-state index contributed by atoms with van der Waals surface area (Å²) in [5.41, 5.74) is 4.38. The normalized spacial score (nSPS) is 14.8. The standard InChI is InChI=1S/C22H24N6O/c1-15(2)19-7-5-17-4-3-16-13-24-22(26-21(16)28(17)19)25-20-8-6-18(14-23-20)27-9-11-29-12-10-27/h3-8,13-15H,9-12H2,1-2H3,(H,23,24,25,26). The molecule has 29 heavy (non-hydrogen) atoms. The molecule has 1 aliphatic rings. The number of morpholine rings is 1. The van der Waals surface area contributed by atoms with E-state index >= 15 is 0 Å². The monoisotopic (exact) mass is 388 g/mol. The number of fused-ring (bicyclic) bond motifs is 3. The molecule has 0 atom stereocenters. The van der Waals surface area contributed by atoms with Gasteiger partial charge in [0.05, 0.1) is 25.1 Å². The molecular formula is C22H24N6O. The van der Waals surface area contributed by atoms with Crippen molar-refractivity contribution in [1.29, 1.82) is 0 Å². The topological polar surface area (TPSA) is 67.6 Å². The first-order chi connectivity index (χ1) is 14.2. The Balaban J connectivity index is 1.46. The first kappa shape index (κ1) is 17.9. The highest BCUT2D eigenvalue weighted by Crippen LogP contribution is 2.25. The summed E-state index contributed by atoms with van der Waals surface area (Å²) in [6.45, 7) is 7.71. The highest BCUT2D eigenvalue weighted by atomic mass is 16.5. The largest absolute Gasteiger partial charge is 0.378 e. The van der Waals surface area contributed by atoms with Gasteiger partial charge in [-0.15, -0.1) is 0 Å². The lowest BCUT2D eigenvalue weighted by Crippen LogP contribution is -2.36. The maximum atomic E-state index is 5.41. The number of hydrogen-bond acceptors (Lipinski definition) is 6. The summed E-state index contributed by atoms with van der Waals surface area (Å²) < 4.78 is 7.62. The van der Waals surface area contributed by atoms with Gasteiger partial charge in [0.25, 0.3) is 0 Å². The van der Waals surface area contributed by atoms with Crippen LogP contribution in [0.2, 0.25) is 0 Å². The van der Waals surface area contributed by atoms with Crippen molar-refractivity contribution < 1.29 is 4.74 Å². The first-order valence-electron chi connectivity index (χ1n) is 10.0. The van der Waals surface area contributed by atoms with Crippen LogP contribution >= 0.6 is 0 Å². The van der Waals surface area contributed by atoms with Gasteiger partial charge in [-0.25, -0.2) is 9.97 Å². The van der Waals surface area contributed by atoms with E-state index in [-0.39, 0.29) is 0 Å². The second-order valence-corrected chi connectivity index (χ2v) is 7.61. The fourth-order valence-corrected chi connectivity index (χ4v) is 3.79. The average Bonchev–Trinajstić information content (AvgIpc) is 3.20. The zero-order valence-corrected chi connectivity index (χ0v) is 16.7. The summed E-state index contributed by atoms with van der Waals surface area (Å²) in [6.07, 6.45) is 3.74. The van der Waals surface area contributed by atoms with Gasteiger partial charge in [-0.1, -0.05) is 13.8 Å². The Morgan fingerprint density at radius 2 is 1.79 bits per heavy atom. The molecule has 1 saturated heterocycles. The van der Waals surface area contributed by atoms with Crippen molar-refractivity contribution in [2.24, 2.45) is 0 Å². The van der Waals surface area contributed by atoms with Gasteiger partial charge in [0, 0.05) is 35.9 Å². The first-order valence-corrected chi connectivity index (χ1v) is 10.0. The molecule has 1 aliphatic heterocycles. The van der Waals surface area contributed by atoms with Crippen molar-refractivity contribution in [2.45, 2.75) is 19.8 Å². The fourth-order valence-electron chi connectivity index (χ4n) is 3.79. The Morgan fingerprint density at radius 3 is 2.55 bits per heavy atom. The van der Waals surface area contributed by atoms with E-state index in [0.29, 0.717) is 11.9 Å². The van der Waals surface area contributed by atoms with E-state index < -0.39 is 0 Å². The van der Waals surface area contributed by atoms with Crippen molar-refractivity contribution in [3.63, 3.8) is 0 Å². The van der Waals surface area contributed by atoms with E-state index in [1.807, 2.05) is 18.5 Å². The summed E-state index contributed by atoms with van der Waals surface area (Å²) in [7, 11) is 0. The second kappa shape index (κ2) is 7.33. The lowest BCUT2D eigenvalue weighted by molar-refractivity contribution is 0.122. The van der Waals surface area contributed by atoms with Gasteiger partial charge >= 0.3 is 0 Å². The van der Waals surface area contributed by atoms with E-state index in [2.05, 4.69) is 68.8 Å². The van der Waals surface area contributed by atoms with E-state index in [1.165, 1.54) is 5.69 Å². The van der Waals surface area contributed by atoms with Crippen LogP contribution in [0.3, 0.4) is 0 Å². The third-order valence-corrected chi connectivity index (χ3v) is 5.34. The lowest BCUT2D eigenvalue weighted by atomic mass is 10.1. The third kappa shape index (κ3) is 3.38. The van der Waals surface area contributed by atoms with E-state index in [9.17, 15) is 0 Å². The van der Waals surface area contributed by atoms with E-state index in [0.717, 1.165) is 54.4 Å². The van der Waals surface area contributed by atoms with Gasteiger partial charge in [0.1, 0.15) is 11.5 Å². The highest BCUT2D eigenvalue weighted by Gasteiger charge is 2.13. The molecule has 4 aromatic heterocycles. The maximum Gasteiger partial charge on any atom is 0.230 e.